The summed E-state index contributed by atoms with van der Waals surface area (Å²) in [5.74, 6) is 6.92. The van der Waals surface area contributed by atoms with Gasteiger partial charge < -0.3 is 5.11 Å². The number of rotatable bonds is 5. The predicted octanol–water partition coefficient (Wildman–Crippen LogP) is 7.71. The van der Waals surface area contributed by atoms with E-state index in [1.54, 1.807) is 0 Å². The molecule has 0 aromatic carbocycles. The van der Waals surface area contributed by atoms with Gasteiger partial charge in [-0.1, -0.05) is 60.8 Å². The van der Waals surface area contributed by atoms with E-state index >= 15 is 0 Å². The van der Waals surface area contributed by atoms with E-state index in [9.17, 15) is 5.11 Å². The summed E-state index contributed by atoms with van der Waals surface area (Å²) in [4.78, 5) is 0. The standard InChI is InChI=1S/C28H50O/c1-18(2)8-7-9-19(3)22-12-13-24-21-10-11-23-20(4)26(29)15-17-28(23,6)25(21)14-16-27(22,24)5/h18-26,29H,7-17H2,1-6H3/t19-,20-,21+,22-,23-,24+,25+,26-,27-,28-/m0/s1. The van der Waals surface area contributed by atoms with E-state index in [4.69, 9.17) is 0 Å². The quantitative estimate of drug-likeness (QED) is 0.499. The minimum absolute atomic E-state index is 0.0407. The van der Waals surface area contributed by atoms with Crippen LogP contribution in [0.2, 0.25) is 0 Å². The predicted molar refractivity (Wildman–Crippen MR) is 124 cm³/mol. The van der Waals surface area contributed by atoms with Crippen molar-refractivity contribution in [1.82, 2.24) is 0 Å². The van der Waals surface area contributed by atoms with Crippen molar-refractivity contribution < 1.29 is 5.11 Å². The van der Waals surface area contributed by atoms with E-state index in [0.29, 0.717) is 16.7 Å². The lowest BCUT2D eigenvalue weighted by Crippen LogP contribution is -2.56. The van der Waals surface area contributed by atoms with E-state index in [2.05, 4.69) is 41.5 Å². The minimum atomic E-state index is -0.0407. The molecule has 168 valence electrons. The Morgan fingerprint density at radius 2 is 1.45 bits per heavy atom. The molecule has 0 amide bonds. The topological polar surface area (TPSA) is 20.2 Å². The Morgan fingerprint density at radius 1 is 0.793 bits per heavy atom. The highest BCUT2D eigenvalue weighted by Crippen LogP contribution is 2.68. The van der Waals surface area contributed by atoms with Crippen LogP contribution < -0.4 is 0 Å². The molecule has 0 unspecified atom stereocenters. The molecule has 4 aliphatic carbocycles. The summed E-state index contributed by atoms with van der Waals surface area (Å²) in [6.07, 6.45) is 15.4. The van der Waals surface area contributed by atoms with E-state index in [0.717, 1.165) is 47.8 Å². The molecule has 4 aliphatic rings. The van der Waals surface area contributed by atoms with Crippen LogP contribution in [0.15, 0.2) is 0 Å². The summed E-state index contributed by atoms with van der Waals surface area (Å²) in [7, 11) is 0. The number of fused-ring (bicyclic) bond motifs is 5. The minimum Gasteiger partial charge on any atom is -0.393 e. The Bertz CT molecular complexity index is 569. The third-order valence-corrected chi connectivity index (χ3v) is 11.4. The SMILES string of the molecule is CC(C)CCC[C@H](C)[C@@H]1CC[C@@H]2[C@H]3CC[C@H]4[C@H](C)[C@@H](O)CC[C@]4(C)[C@@H]3CC[C@]21C. The lowest BCUT2D eigenvalue weighted by molar-refractivity contribution is -0.149. The van der Waals surface area contributed by atoms with Crippen molar-refractivity contribution in [2.24, 2.45) is 58.2 Å². The number of hydrogen-bond acceptors (Lipinski definition) is 1. The zero-order valence-corrected chi connectivity index (χ0v) is 20.4. The van der Waals surface area contributed by atoms with Gasteiger partial charge in [-0.05, 0) is 110 Å². The summed E-state index contributed by atoms with van der Waals surface area (Å²) >= 11 is 0. The molecular weight excluding hydrogens is 352 g/mol. The van der Waals surface area contributed by atoms with Crippen molar-refractivity contribution in [3.63, 3.8) is 0 Å². The second-order valence-corrected chi connectivity index (χ2v) is 13.1. The van der Waals surface area contributed by atoms with Crippen LogP contribution in [0.3, 0.4) is 0 Å². The summed E-state index contributed by atoms with van der Waals surface area (Å²) in [6.45, 7) is 15.0. The Kier molecular flexibility index (Phi) is 6.22. The first-order chi connectivity index (χ1) is 13.7. The third-order valence-electron chi connectivity index (χ3n) is 11.4. The van der Waals surface area contributed by atoms with Gasteiger partial charge in [-0.3, -0.25) is 0 Å². The fourth-order valence-electron chi connectivity index (χ4n) is 9.73. The first-order valence-electron chi connectivity index (χ1n) is 13.4. The van der Waals surface area contributed by atoms with Crippen molar-refractivity contribution >= 4 is 0 Å². The molecule has 0 aromatic rings. The molecular formula is C28H50O. The molecule has 4 fully saturated rings. The van der Waals surface area contributed by atoms with Crippen molar-refractivity contribution in [2.75, 3.05) is 0 Å². The summed E-state index contributed by atoms with van der Waals surface area (Å²) in [6, 6.07) is 0. The Morgan fingerprint density at radius 3 is 2.17 bits per heavy atom. The second-order valence-electron chi connectivity index (χ2n) is 13.1. The van der Waals surface area contributed by atoms with Crippen LogP contribution in [-0.2, 0) is 0 Å². The lowest BCUT2D eigenvalue weighted by Gasteiger charge is -2.62. The maximum absolute atomic E-state index is 10.5. The van der Waals surface area contributed by atoms with Gasteiger partial charge in [0.25, 0.3) is 0 Å². The fourth-order valence-corrected chi connectivity index (χ4v) is 9.73. The smallest absolute Gasteiger partial charge is 0.0568 e. The summed E-state index contributed by atoms with van der Waals surface area (Å²) in [5.41, 5.74) is 1.12. The highest BCUT2D eigenvalue weighted by Gasteiger charge is 2.61. The molecule has 1 N–H and O–H groups in total. The molecule has 0 heterocycles. The first-order valence-corrected chi connectivity index (χ1v) is 13.4. The molecule has 0 saturated heterocycles. The van der Waals surface area contributed by atoms with Gasteiger partial charge in [-0.15, -0.1) is 0 Å². The van der Waals surface area contributed by atoms with Gasteiger partial charge >= 0.3 is 0 Å². The molecule has 1 nitrogen and oxygen atoms in total. The van der Waals surface area contributed by atoms with Gasteiger partial charge in [0.1, 0.15) is 0 Å². The average Bonchev–Trinajstić information content (AvgIpc) is 3.02. The van der Waals surface area contributed by atoms with Crippen LogP contribution in [-0.4, -0.2) is 11.2 Å². The van der Waals surface area contributed by atoms with E-state index in [-0.39, 0.29) is 6.10 Å². The fraction of sp³-hybridized carbons (Fsp3) is 1.00. The van der Waals surface area contributed by atoms with Crippen molar-refractivity contribution in [2.45, 2.75) is 118 Å². The maximum Gasteiger partial charge on any atom is 0.0568 e. The van der Waals surface area contributed by atoms with Gasteiger partial charge in [-0.25, -0.2) is 0 Å². The van der Waals surface area contributed by atoms with E-state index in [1.165, 1.54) is 64.2 Å². The molecule has 0 aromatic heterocycles. The number of aliphatic hydroxyl groups is 1. The molecule has 4 rings (SSSR count). The van der Waals surface area contributed by atoms with E-state index in [1.807, 2.05) is 0 Å². The van der Waals surface area contributed by atoms with Gasteiger partial charge in [0.15, 0.2) is 0 Å². The monoisotopic (exact) mass is 402 g/mol. The first kappa shape index (κ1) is 22.2. The maximum atomic E-state index is 10.5. The van der Waals surface area contributed by atoms with Gasteiger partial charge in [-0.2, -0.15) is 0 Å². The molecule has 0 radical (unpaired) electrons. The van der Waals surface area contributed by atoms with Gasteiger partial charge in [0.05, 0.1) is 6.10 Å². The highest BCUT2D eigenvalue weighted by molar-refractivity contribution is 5.10. The zero-order valence-electron chi connectivity index (χ0n) is 20.4. The van der Waals surface area contributed by atoms with Crippen LogP contribution >= 0.6 is 0 Å². The van der Waals surface area contributed by atoms with Gasteiger partial charge in [0, 0.05) is 0 Å². The molecule has 0 aliphatic heterocycles. The average molecular weight is 403 g/mol. The molecule has 0 spiro atoms. The second kappa shape index (κ2) is 8.14. The Hall–Kier alpha value is -0.0400. The normalized spacial score (nSPS) is 50.7. The zero-order chi connectivity index (χ0) is 21.0. The lowest BCUT2D eigenvalue weighted by atomic mass is 9.43. The van der Waals surface area contributed by atoms with Crippen molar-refractivity contribution in [3.05, 3.63) is 0 Å². The molecule has 29 heavy (non-hydrogen) atoms. The van der Waals surface area contributed by atoms with Crippen molar-refractivity contribution in [3.8, 4) is 0 Å². The Balaban J connectivity index is 1.48. The van der Waals surface area contributed by atoms with Crippen LogP contribution in [0.1, 0.15) is 112 Å². The van der Waals surface area contributed by atoms with Crippen LogP contribution in [0.4, 0.5) is 0 Å². The highest BCUT2D eigenvalue weighted by atomic mass is 16.3. The van der Waals surface area contributed by atoms with Crippen molar-refractivity contribution in [1.29, 1.82) is 0 Å². The summed E-state index contributed by atoms with van der Waals surface area (Å²) < 4.78 is 0. The third kappa shape index (κ3) is 3.64. The van der Waals surface area contributed by atoms with Crippen LogP contribution in [0, 0.1) is 58.2 Å². The summed E-state index contributed by atoms with van der Waals surface area (Å²) in [5, 5.41) is 10.5. The number of aliphatic hydroxyl groups excluding tert-OH is 1. The Labute approximate surface area is 181 Å². The molecule has 1 heteroatoms. The molecule has 0 bridgehead atoms. The number of hydrogen-bond donors (Lipinski definition) is 1. The largest absolute Gasteiger partial charge is 0.393 e. The molecule has 4 saturated carbocycles. The van der Waals surface area contributed by atoms with Gasteiger partial charge in [0.2, 0.25) is 0 Å². The van der Waals surface area contributed by atoms with Crippen LogP contribution in [0.5, 0.6) is 0 Å². The van der Waals surface area contributed by atoms with Crippen LogP contribution in [0.25, 0.3) is 0 Å². The molecule has 10 atom stereocenters. The van der Waals surface area contributed by atoms with E-state index < -0.39 is 0 Å².